The van der Waals surface area contributed by atoms with Crippen molar-refractivity contribution in [1.82, 2.24) is 9.47 Å². The summed E-state index contributed by atoms with van der Waals surface area (Å²) in [5.41, 5.74) is 3.11. The molecule has 0 spiro atoms. The Bertz CT molecular complexity index is 880. The van der Waals surface area contributed by atoms with Crippen LogP contribution in [0.5, 0.6) is 0 Å². The van der Waals surface area contributed by atoms with Crippen LogP contribution in [0.15, 0.2) is 41.2 Å². The van der Waals surface area contributed by atoms with Crippen LogP contribution in [0.2, 0.25) is 0 Å². The molecule has 144 valence electrons. The van der Waals surface area contributed by atoms with Crippen LogP contribution in [-0.2, 0) is 7.05 Å². The molecule has 0 radical (unpaired) electrons. The van der Waals surface area contributed by atoms with Crippen LogP contribution in [0.25, 0.3) is 0 Å². The van der Waals surface area contributed by atoms with Gasteiger partial charge < -0.3 is 14.8 Å². The maximum atomic E-state index is 12.6. The second-order valence-electron chi connectivity index (χ2n) is 7.44. The zero-order chi connectivity index (χ0) is 19.6. The number of hydrogen-bond donors (Lipinski definition) is 1. The molecular formula is C21H28N4O2. The van der Waals surface area contributed by atoms with Crippen molar-refractivity contribution in [2.24, 2.45) is 7.05 Å². The average molecular weight is 368 g/mol. The minimum atomic E-state index is -0.281. The SMILES string of the molecule is Cc1cc(NC(=O)c2cccc(=O)n2C)cc(N2CCN(C(C)C)CC2)c1. The Morgan fingerprint density at radius 3 is 2.44 bits per heavy atom. The lowest BCUT2D eigenvalue weighted by Crippen LogP contribution is -2.48. The van der Waals surface area contributed by atoms with Crippen molar-refractivity contribution < 1.29 is 4.79 Å². The van der Waals surface area contributed by atoms with Crippen molar-refractivity contribution in [3.05, 3.63) is 58.0 Å². The van der Waals surface area contributed by atoms with Gasteiger partial charge in [0.2, 0.25) is 0 Å². The number of rotatable bonds is 4. The van der Waals surface area contributed by atoms with Gasteiger partial charge in [-0.05, 0) is 50.6 Å². The number of nitrogens with zero attached hydrogens (tertiary/aromatic N) is 3. The molecule has 0 atom stereocenters. The summed E-state index contributed by atoms with van der Waals surface area (Å²) in [4.78, 5) is 29.2. The first-order valence-corrected chi connectivity index (χ1v) is 9.43. The average Bonchev–Trinajstić information content (AvgIpc) is 2.63. The van der Waals surface area contributed by atoms with Gasteiger partial charge in [0.05, 0.1) is 0 Å². The highest BCUT2D eigenvalue weighted by Crippen LogP contribution is 2.24. The van der Waals surface area contributed by atoms with Gasteiger partial charge in [0.25, 0.3) is 11.5 Å². The Morgan fingerprint density at radius 2 is 1.78 bits per heavy atom. The molecule has 1 aliphatic heterocycles. The summed E-state index contributed by atoms with van der Waals surface area (Å²) in [6.07, 6.45) is 0. The fourth-order valence-corrected chi connectivity index (χ4v) is 3.50. The van der Waals surface area contributed by atoms with Crippen LogP contribution in [0.1, 0.15) is 29.9 Å². The fourth-order valence-electron chi connectivity index (χ4n) is 3.50. The Labute approximate surface area is 160 Å². The Morgan fingerprint density at radius 1 is 1.07 bits per heavy atom. The largest absolute Gasteiger partial charge is 0.369 e. The highest BCUT2D eigenvalue weighted by atomic mass is 16.2. The zero-order valence-corrected chi connectivity index (χ0v) is 16.5. The van der Waals surface area contributed by atoms with Crippen LogP contribution < -0.4 is 15.8 Å². The third-order valence-electron chi connectivity index (χ3n) is 5.15. The Kier molecular flexibility index (Phi) is 5.65. The van der Waals surface area contributed by atoms with Crippen molar-refractivity contribution in [2.45, 2.75) is 26.8 Å². The lowest BCUT2D eigenvalue weighted by Gasteiger charge is -2.38. The van der Waals surface area contributed by atoms with Gasteiger partial charge in [-0.1, -0.05) is 6.07 Å². The van der Waals surface area contributed by atoms with Crippen molar-refractivity contribution in [1.29, 1.82) is 0 Å². The smallest absolute Gasteiger partial charge is 0.272 e. The number of aromatic nitrogens is 1. The third kappa shape index (κ3) is 4.39. The Hall–Kier alpha value is -2.60. The monoisotopic (exact) mass is 368 g/mol. The van der Waals surface area contributed by atoms with Gasteiger partial charge in [-0.2, -0.15) is 0 Å². The summed E-state index contributed by atoms with van der Waals surface area (Å²) in [6.45, 7) is 10.5. The normalized spacial score (nSPS) is 15.2. The number of amides is 1. The predicted molar refractivity (Wildman–Crippen MR) is 110 cm³/mol. The first-order chi connectivity index (χ1) is 12.8. The van der Waals surface area contributed by atoms with E-state index in [1.165, 1.54) is 10.6 Å². The molecule has 0 bridgehead atoms. The van der Waals surface area contributed by atoms with Crippen LogP contribution in [0.4, 0.5) is 11.4 Å². The van der Waals surface area contributed by atoms with E-state index in [0.29, 0.717) is 11.7 Å². The number of piperazine rings is 1. The molecular weight excluding hydrogens is 340 g/mol. The summed E-state index contributed by atoms with van der Waals surface area (Å²) in [6, 6.07) is 11.4. The second kappa shape index (κ2) is 7.96. The maximum Gasteiger partial charge on any atom is 0.272 e. The van der Waals surface area contributed by atoms with E-state index in [-0.39, 0.29) is 11.5 Å². The number of nitrogens with one attached hydrogen (secondary N) is 1. The highest BCUT2D eigenvalue weighted by Gasteiger charge is 2.20. The van der Waals surface area contributed by atoms with Gasteiger partial charge in [0.1, 0.15) is 5.69 Å². The van der Waals surface area contributed by atoms with Crippen LogP contribution in [0, 0.1) is 6.92 Å². The van der Waals surface area contributed by atoms with Crippen LogP contribution in [0.3, 0.4) is 0 Å². The number of pyridine rings is 1. The third-order valence-corrected chi connectivity index (χ3v) is 5.15. The molecule has 1 aromatic carbocycles. The van der Waals surface area contributed by atoms with Crippen molar-refractivity contribution in [3.8, 4) is 0 Å². The summed E-state index contributed by atoms with van der Waals surface area (Å²) >= 11 is 0. The number of benzene rings is 1. The predicted octanol–water partition coefficient (Wildman–Crippen LogP) is 2.48. The van der Waals surface area contributed by atoms with Gasteiger partial charge in [-0.25, -0.2) is 0 Å². The molecule has 6 heteroatoms. The van der Waals surface area contributed by atoms with Gasteiger partial charge in [-0.15, -0.1) is 0 Å². The van der Waals surface area contributed by atoms with E-state index >= 15 is 0 Å². The lowest BCUT2D eigenvalue weighted by atomic mass is 10.1. The molecule has 1 aliphatic rings. The van der Waals surface area contributed by atoms with Gasteiger partial charge >= 0.3 is 0 Å². The van der Waals surface area contributed by atoms with Crippen LogP contribution in [-0.4, -0.2) is 47.6 Å². The van der Waals surface area contributed by atoms with E-state index in [9.17, 15) is 9.59 Å². The minimum Gasteiger partial charge on any atom is -0.369 e. The summed E-state index contributed by atoms with van der Waals surface area (Å²) < 4.78 is 1.36. The van der Waals surface area contributed by atoms with Crippen LogP contribution >= 0.6 is 0 Å². The molecule has 1 fully saturated rings. The molecule has 1 amide bonds. The maximum absolute atomic E-state index is 12.6. The summed E-state index contributed by atoms with van der Waals surface area (Å²) in [7, 11) is 1.60. The first kappa shape index (κ1) is 19.2. The molecule has 0 unspecified atom stereocenters. The molecule has 6 nitrogen and oxygen atoms in total. The number of carbonyl (C=O) groups is 1. The van der Waals surface area contributed by atoms with Crippen molar-refractivity contribution in [3.63, 3.8) is 0 Å². The first-order valence-electron chi connectivity index (χ1n) is 9.43. The minimum absolute atomic E-state index is 0.199. The quantitative estimate of drug-likeness (QED) is 0.901. The van der Waals surface area contributed by atoms with Gasteiger partial charge in [0.15, 0.2) is 0 Å². The number of carbonyl (C=O) groups excluding carboxylic acids is 1. The number of anilines is 2. The van der Waals surface area contributed by atoms with Gasteiger partial charge in [0, 0.05) is 56.7 Å². The topological polar surface area (TPSA) is 57.6 Å². The number of aryl methyl sites for hydroxylation is 1. The molecule has 1 aromatic heterocycles. The van der Waals surface area contributed by atoms with Gasteiger partial charge in [-0.3, -0.25) is 14.5 Å². The summed E-state index contributed by atoms with van der Waals surface area (Å²) in [5, 5.41) is 2.94. The second-order valence-corrected chi connectivity index (χ2v) is 7.44. The molecule has 1 saturated heterocycles. The molecule has 1 N–H and O–H groups in total. The van der Waals surface area contributed by atoms with E-state index in [0.717, 1.165) is 43.1 Å². The van der Waals surface area contributed by atoms with Crippen molar-refractivity contribution in [2.75, 3.05) is 36.4 Å². The molecule has 2 aromatic rings. The number of hydrogen-bond acceptors (Lipinski definition) is 4. The zero-order valence-electron chi connectivity index (χ0n) is 16.5. The van der Waals surface area contributed by atoms with E-state index in [1.54, 1.807) is 19.2 Å². The Balaban J connectivity index is 1.77. The fraction of sp³-hybridized carbons (Fsp3) is 0.429. The van der Waals surface area contributed by atoms with E-state index in [2.05, 4.69) is 35.0 Å². The molecule has 27 heavy (non-hydrogen) atoms. The molecule has 0 saturated carbocycles. The highest BCUT2D eigenvalue weighted by molar-refractivity contribution is 6.03. The lowest BCUT2D eigenvalue weighted by molar-refractivity contribution is 0.101. The summed E-state index contributed by atoms with van der Waals surface area (Å²) in [5.74, 6) is -0.281. The molecule has 2 heterocycles. The standard InChI is InChI=1S/C21H28N4O2/c1-15(2)24-8-10-25(11-9-24)18-13-16(3)12-17(14-18)22-21(27)19-6-5-7-20(26)23(19)4/h5-7,12-15H,8-11H2,1-4H3,(H,22,27). The van der Waals surface area contributed by atoms with Crippen molar-refractivity contribution >= 4 is 17.3 Å². The molecule has 0 aliphatic carbocycles. The van der Waals surface area contributed by atoms with E-state index in [4.69, 9.17) is 0 Å². The van der Waals surface area contributed by atoms with E-state index in [1.807, 2.05) is 19.1 Å². The molecule has 3 rings (SSSR count). The van der Waals surface area contributed by atoms with E-state index < -0.39 is 0 Å².